The van der Waals surface area contributed by atoms with E-state index in [9.17, 15) is 4.79 Å². The van der Waals surface area contributed by atoms with Gasteiger partial charge in [-0.15, -0.1) is 0 Å². The number of carbonyl (C=O) groups is 1. The van der Waals surface area contributed by atoms with Crippen LogP contribution in [0.5, 0.6) is 5.75 Å². The fourth-order valence-electron chi connectivity index (χ4n) is 1.46. The monoisotopic (exact) mass is 219 g/mol. The molecule has 1 aromatic carbocycles. The molecule has 0 unspecified atom stereocenters. The van der Waals surface area contributed by atoms with Gasteiger partial charge in [0.05, 0.1) is 0 Å². The van der Waals surface area contributed by atoms with Crippen LogP contribution in [0.15, 0.2) is 28.7 Å². The molecule has 0 atom stereocenters. The Kier molecular flexibility index (Phi) is 2.92. The van der Waals surface area contributed by atoms with E-state index in [2.05, 4.69) is 0 Å². The van der Waals surface area contributed by atoms with Crippen LogP contribution in [0.3, 0.4) is 0 Å². The van der Waals surface area contributed by atoms with Crippen LogP contribution in [0.1, 0.15) is 17.5 Å². The third-order valence-corrected chi connectivity index (χ3v) is 2.22. The van der Waals surface area contributed by atoms with Crippen LogP contribution >= 0.6 is 0 Å². The zero-order valence-electron chi connectivity index (χ0n) is 9.03. The van der Waals surface area contributed by atoms with Crippen molar-refractivity contribution in [3.05, 3.63) is 30.0 Å². The lowest BCUT2D eigenvalue weighted by molar-refractivity contribution is 0.0989. The minimum Gasteiger partial charge on any atom is -0.492 e. The average molecular weight is 219 g/mol. The molecule has 0 amide bonds. The molecule has 2 rings (SSSR count). The third-order valence-electron chi connectivity index (χ3n) is 2.22. The van der Waals surface area contributed by atoms with Gasteiger partial charge >= 0.3 is 0 Å². The summed E-state index contributed by atoms with van der Waals surface area (Å²) in [6.45, 7) is 2.43. The summed E-state index contributed by atoms with van der Waals surface area (Å²) in [5.74, 6) is 1.01. The maximum atomic E-state index is 11.1. The van der Waals surface area contributed by atoms with E-state index in [1.54, 1.807) is 18.2 Å². The van der Waals surface area contributed by atoms with Crippen LogP contribution < -0.4 is 10.5 Å². The first-order valence-corrected chi connectivity index (χ1v) is 5.08. The molecule has 16 heavy (non-hydrogen) atoms. The molecule has 0 bridgehead atoms. The number of benzene rings is 1. The first-order chi connectivity index (χ1) is 7.70. The van der Waals surface area contributed by atoms with Gasteiger partial charge in [0.1, 0.15) is 17.9 Å². The van der Waals surface area contributed by atoms with E-state index in [-0.39, 0.29) is 5.78 Å². The molecule has 2 N–H and O–H groups in total. The summed E-state index contributed by atoms with van der Waals surface area (Å²) in [4.78, 5) is 11.1. The summed E-state index contributed by atoms with van der Waals surface area (Å²) in [6, 6.07) is 7.13. The second-order valence-electron chi connectivity index (χ2n) is 3.50. The second kappa shape index (κ2) is 4.37. The molecule has 0 radical (unpaired) electrons. The number of nitrogens with two attached hydrogens (primary N) is 1. The van der Waals surface area contributed by atoms with Crippen LogP contribution in [0.25, 0.3) is 11.0 Å². The van der Waals surface area contributed by atoms with Gasteiger partial charge in [0, 0.05) is 18.9 Å². The molecule has 0 saturated heterocycles. The number of hydrogen-bond acceptors (Lipinski definition) is 4. The van der Waals surface area contributed by atoms with Crippen LogP contribution in [0.2, 0.25) is 0 Å². The van der Waals surface area contributed by atoms with Crippen molar-refractivity contribution in [3.63, 3.8) is 0 Å². The molecule has 0 saturated carbocycles. The zero-order valence-corrected chi connectivity index (χ0v) is 9.03. The Bertz CT molecular complexity index is 516. The molecular formula is C12H13NO3. The molecule has 84 valence electrons. The summed E-state index contributed by atoms with van der Waals surface area (Å²) in [5, 5.41) is 0.861. The van der Waals surface area contributed by atoms with Crippen LogP contribution in [0.4, 0.5) is 0 Å². The third kappa shape index (κ3) is 2.06. The van der Waals surface area contributed by atoms with Gasteiger partial charge in [0.25, 0.3) is 0 Å². The van der Waals surface area contributed by atoms with Crippen molar-refractivity contribution < 1.29 is 13.9 Å². The SMILES string of the molecule is CC(=O)c1cc2cc(OCCN)ccc2o1. The van der Waals surface area contributed by atoms with Gasteiger partial charge in [-0.05, 0) is 24.3 Å². The van der Waals surface area contributed by atoms with E-state index < -0.39 is 0 Å². The van der Waals surface area contributed by atoms with Crippen molar-refractivity contribution >= 4 is 16.8 Å². The van der Waals surface area contributed by atoms with Gasteiger partial charge < -0.3 is 14.9 Å². The van der Waals surface area contributed by atoms with Crippen LogP contribution in [-0.2, 0) is 0 Å². The Morgan fingerprint density at radius 3 is 2.94 bits per heavy atom. The van der Waals surface area contributed by atoms with Crippen molar-refractivity contribution in [1.82, 2.24) is 0 Å². The number of carbonyl (C=O) groups excluding carboxylic acids is 1. The first-order valence-electron chi connectivity index (χ1n) is 5.08. The van der Waals surface area contributed by atoms with E-state index in [1.807, 2.05) is 6.07 Å². The first kappa shape index (κ1) is 10.7. The highest BCUT2D eigenvalue weighted by molar-refractivity contribution is 5.96. The number of fused-ring (bicyclic) bond motifs is 1. The van der Waals surface area contributed by atoms with E-state index >= 15 is 0 Å². The van der Waals surface area contributed by atoms with Crippen molar-refractivity contribution in [2.75, 3.05) is 13.2 Å². The largest absolute Gasteiger partial charge is 0.492 e. The Morgan fingerprint density at radius 1 is 1.44 bits per heavy atom. The normalized spacial score (nSPS) is 10.6. The second-order valence-corrected chi connectivity index (χ2v) is 3.50. The Hall–Kier alpha value is -1.81. The predicted octanol–water partition coefficient (Wildman–Crippen LogP) is 1.97. The predicted molar refractivity (Wildman–Crippen MR) is 60.8 cm³/mol. The fraction of sp³-hybridized carbons (Fsp3) is 0.250. The smallest absolute Gasteiger partial charge is 0.194 e. The average Bonchev–Trinajstić information content (AvgIpc) is 2.69. The molecule has 0 fully saturated rings. The molecule has 1 aromatic heterocycles. The highest BCUT2D eigenvalue weighted by Crippen LogP contribution is 2.24. The Labute approximate surface area is 93.0 Å². The van der Waals surface area contributed by atoms with Gasteiger partial charge in [0.15, 0.2) is 11.5 Å². The minimum atomic E-state index is -0.0828. The number of ether oxygens (including phenoxy) is 1. The minimum absolute atomic E-state index is 0.0828. The lowest BCUT2D eigenvalue weighted by Crippen LogP contribution is -2.10. The number of Topliss-reactive ketones (excluding diaryl/α,β-unsaturated/α-hetero) is 1. The topological polar surface area (TPSA) is 65.5 Å². The van der Waals surface area contributed by atoms with Gasteiger partial charge in [-0.25, -0.2) is 0 Å². The highest BCUT2D eigenvalue weighted by Gasteiger charge is 2.08. The summed E-state index contributed by atoms with van der Waals surface area (Å²) in [6.07, 6.45) is 0. The van der Waals surface area contributed by atoms with Crippen molar-refractivity contribution in [2.24, 2.45) is 5.73 Å². The van der Waals surface area contributed by atoms with E-state index in [4.69, 9.17) is 14.9 Å². The number of rotatable bonds is 4. The summed E-state index contributed by atoms with van der Waals surface area (Å²) in [7, 11) is 0. The number of hydrogen-bond donors (Lipinski definition) is 1. The summed E-state index contributed by atoms with van der Waals surface area (Å²) in [5.41, 5.74) is 6.03. The molecule has 0 spiro atoms. The van der Waals surface area contributed by atoms with E-state index in [0.717, 1.165) is 11.1 Å². The molecule has 1 heterocycles. The zero-order chi connectivity index (χ0) is 11.5. The molecule has 0 aliphatic rings. The molecular weight excluding hydrogens is 206 g/mol. The molecule has 2 aromatic rings. The maximum Gasteiger partial charge on any atom is 0.194 e. The number of ketones is 1. The standard InChI is InChI=1S/C12H13NO3/c1-8(14)12-7-9-6-10(15-5-4-13)2-3-11(9)16-12/h2-3,6-7H,4-5,13H2,1H3. The summed E-state index contributed by atoms with van der Waals surface area (Å²) < 4.78 is 10.7. The molecule has 0 aliphatic carbocycles. The van der Waals surface area contributed by atoms with Crippen molar-refractivity contribution in [2.45, 2.75) is 6.92 Å². The molecule has 0 aliphatic heterocycles. The highest BCUT2D eigenvalue weighted by atomic mass is 16.5. The van der Waals surface area contributed by atoms with Gasteiger partial charge in [0.2, 0.25) is 0 Å². The van der Waals surface area contributed by atoms with Crippen molar-refractivity contribution in [1.29, 1.82) is 0 Å². The molecule has 4 heteroatoms. The quantitative estimate of drug-likeness (QED) is 0.798. The number of furan rings is 1. The van der Waals surface area contributed by atoms with E-state index in [0.29, 0.717) is 24.5 Å². The van der Waals surface area contributed by atoms with Gasteiger partial charge in [-0.1, -0.05) is 0 Å². The molecule has 4 nitrogen and oxygen atoms in total. The van der Waals surface area contributed by atoms with Gasteiger partial charge in [-0.3, -0.25) is 4.79 Å². The van der Waals surface area contributed by atoms with Crippen LogP contribution in [0, 0.1) is 0 Å². The van der Waals surface area contributed by atoms with Crippen LogP contribution in [-0.4, -0.2) is 18.9 Å². The van der Waals surface area contributed by atoms with E-state index in [1.165, 1.54) is 6.92 Å². The summed E-state index contributed by atoms with van der Waals surface area (Å²) >= 11 is 0. The Morgan fingerprint density at radius 2 is 2.25 bits per heavy atom. The maximum absolute atomic E-state index is 11.1. The van der Waals surface area contributed by atoms with Crippen molar-refractivity contribution in [3.8, 4) is 5.75 Å². The lowest BCUT2D eigenvalue weighted by atomic mass is 10.2. The Balaban J connectivity index is 2.34. The van der Waals surface area contributed by atoms with Gasteiger partial charge in [-0.2, -0.15) is 0 Å². The fourth-order valence-corrected chi connectivity index (χ4v) is 1.46. The lowest BCUT2D eigenvalue weighted by Gasteiger charge is -2.02.